The first-order chi connectivity index (χ1) is 18.0. The Hall–Kier alpha value is -2.83. The number of nitrogens with zero attached hydrogens (tertiary/aromatic N) is 3. The van der Waals surface area contributed by atoms with Gasteiger partial charge in [0.15, 0.2) is 0 Å². The van der Waals surface area contributed by atoms with Crippen molar-refractivity contribution < 1.29 is 9.53 Å². The van der Waals surface area contributed by atoms with E-state index < -0.39 is 0 Å². The summed E-state index contributed by atoms with van der Waals surface area (Å²) in [6, 6.07) is 14.5. The Morgan fingerprint density at radius 2 is 1.86 bits per heavy atom. The van der Waals surface area contributed by atoms with Gasteiger partial charge < -0.3 is 19.9 Å². The molecule has 1 N–H and O–H groups in total. The fourth-order valence-corrected chi connectivity index (χ4v) is 5.91. The first-order valence-electron chi connectivity index (χ1n) is 13.6. The highest BCUT2D eigenvalue weighted by Gasteiger charge is 2.27. The highest BCUT2D eigenvalue weighted by Crippen LogP contribution is 2.29. The number of rotatable bonds is 8. The molecule has 2 fully saturated rings. The number of fused-ring (bicyclic) bond motifs is 1. The van der Waals surface area contributed by atoms with Crippen molar-refractivity contribution in [1.82, 2.24) is 9.88 Å². The molecule has 0 atom stereocenters. The van der Waals surface area contributed by atoms with Crippen molar-refractivity contribution in [3.05, 3.63) is 58.6 Å². The molecule has 6 nitrogen and oxygen atoms in total. The number of piperidine rings is 1. The van der Waals surface area contributed by atoms with Gasteiger partial charge in [-0.1, -0.05) is 17.7 Å². The van der Waals surface area contributed by atoms with Crippen LogP contribution in [-0.4, -0.2) is 54.6 Å². The third-order valence-corrected chi connectivity index (χ3v) is 8.04. The van der Waals surface area contributed by atoms with Gasteiger partial charge in [0.05, 0.1) is 12.1 Å². The van der Waals surface area contributed by atoms with Crippen LogP contribution < -0.4 is 15.0 Å². The Morgan fingerprint density at radius 3 is 2.59 bits per heavy atom. The van der Waals surface area contributed by atoms with E-state index >= 15 is 0 Å². The van der Waals surface area contributed by atoms with E-state index in [2.05, 4.69) is 28.1 Å². The third kappa shape index (κ3) is 6.19. The van der Waals surface area contributed by atoms with Crippen LogP contribution in [0.1, 0.15) is 50.2 Å². The molecule has 0 unspecified atom stereocenters. The summed E-state index contributed by atoms with van der Waals surface area (Å²) in [4.78, 5) is 22.8. The maximum Gasteiger partial charge on any atom is 0.224 e. The number of likely N-dealkylation sites (tertiary alicyclic amines) is 1. The number of ether oxygens (including phenoxy) is 1. The number of hydrogen-bond donors (Lipinski definition) is 1. The van der Waals surface area contributed by atoms with Crippen LogP contribution in [0.25, 0.3) is 10.9 Å². The van der Waals surface area contributed by atoms with Crippen molar-refractivity contribution in [2.75, 3.05) is 43.0 Å². The van der Waals surface area contributed by atoms with Gasteiger partial charge in [-0.3, -0.25) is 4.79 Å². The van der Waals surface area contributed by atoms with E-state index in [0.29, 0.717) is 24.5 Å². The molecule has 0 spiro atoms. The lowest BCUT2D eigenvalue weighted by Gasteiger charge is -2.37. The van der Waals surface area contributed by atoms with E-state index in [1.165, 1.54) is 44.3 Å². The number of benzene rings is 2. The molecule has 2 aliphatic rings. The van der Waals surface area contributed by atoms with Crippen LogP contribution in [0.3, 0.4) is 0 Å². The Kier molecular flexibility index (Phi) is 8.16. The summed E-state index contributed by atoms with van der Waals surface area (Å²) >= 11 is 6.37. The minimum absolute atomic E-state index is 0.0348. The Balaban J connectivity index is 1.19. The SMILES string of the molecule is CCOc1ccc(CCC(=O)Nc2ccc3nc(N4CCC(N5CCCC5)CC4)cc(C)c3c2)c(Cl)c1. The van der Waals surface area contributed by atoms with Crippen LogP contribution >= 0.6 is 11.6 Å². The van der Waals surface area contributed by atoms with E-state index in [0.717, 1.165) is 52.9 Å². The van der Waals surface area contributed by atoms with Crippen LogP contribution in [0.2, 0.25) is 5.02 Å². The van der Waals surface area contributed by atoms with Gasteiger partial charge in [0.2, 0.25) is 5.91 Å². The Morgan fingerprint density at radius 1 is 1.08 bits per heavy atom. The lowest BCUT2D eigenvalue weighted by Crippen LogP contribution is -2.44. The molecular formula is C30H37ClN4O2. The average Bonchev–Trinajstić information content (AvgIpc) is 3.44. The molecule has 7 heteroatoms. The number of carbonyl (C=O) groups excluding carboxylic acids is 1. The lowest BCUT2D eigenvalue weighted by molar-refractivity contribution is -0.116. The predicted octanol–water partition coefficient (Wildman–Crippen LogP) is 6.23. The molecule has 196 valence electrons. The third-order valence-electron chi connectivity index (χ3n) is 7.69. The topological polar surface area (TPSA) is 57.7 Å². The minimum Gasteiger partial charge on any atom is -0.494 e. The molecule has 2 saturated heterocycles. The van der Waals surface area contributed by atoms with Crippen molar-refractivity contribution >= 4 is 39.9 Å². The summed E-state index contributed by atoms with van der Waals surface area (Å²) in [5, 5.41) is 4.74. The number of aryl methyl sites for hydroxylation is 2. The molecule has 1 amide bonds. The average molecular weight is 521 g/mol. The van der Waals surface area contributed by atoms with Gasteiger partial charge in [0, 0.05) is 41.6 Å². The first-order valence-corrected chi connectivity index (χ1v) is 14.0. The highest BCUT2D eigenvalue weighted by molar-refractivity contribution is 6.31. The monoisotopic (exact) mass is 520 g/mol. The van der Waals surface area contributed by atoms with Gasteiger partial charge in [-0.2, -0.15) is 0 Å². The minimum atomic E-state index is -0.0348. The zero-order valence-corrected chi connectivity index (χ0v) is 22.7. The maximum absolute atomic E-state index is 12.7. The molecule has 5 rings (SSSR count). The van der Waals surface area contributed by atoms with Gasteiger partial charge in [-0.25, -0.2) is 4.98 Å². The zero-order valence-electron chi connectivity index (χ0n) is 21.9. The van der Waals surface area contributed by atoms with E-state index in [1.54, 1.807) is 6.07 Å². The summed E-state index contributed by atoms with van der Waals surface area (Å²) in [7, 11) is 0. The van der Waals surface area contributed by atoms with E-state index in [9.17, 15) is 4.79 Å². The summed E-state index contributed by atoms with van der Waals surface area (Å²) in [5.41, 5.74) is 3.88. The number of aromatic nitrogens is 1. The second-order valence-electron chi connectivity index (χ2n) is 10.2. The Labute approximate surface area is 225 Å². The van der Waals surface area contributed by atoms with Crippen molar-refractivity contribution in [2.45, 2.75) is 58.4 Å². The molecule has 2 aliphatic heterocycles. The molecule has 0 aliphatic carbocycles. The molecular weight excluding hydrogens is 484 g/mol. The first kappa shape index (κ1) is 25.8. The normalized spacial score (nSPS) is 16.9. The molecule has 3 aromatic rings. The fourth-order valence-electron chi connectivity index (χ4n) is 5.64. The van der Waals surface area contributed by atoms with Crippen molar-refractivity contribution in [2.24, 2.45) is 0 Å². The van der Waals surface area contributed by atoms with Crippen LogP contribution in [-0.2, 0) is 11.2 Å². The van der Waals surface area contributed by atoms with Crippen LogP contribution in [0.15, 0.2) is 42.5 Å². The van der Waals surface area contributed by atoms with Crippen molar-refractivity contribution in [3.8, 4) is 5.75 Å². The maximum atomic E-state index is 12.7. The summed E-state index contributed by atoms with van der Waals surface area (Å²) in [5.74, 6) is 1.77. The van der Waals surface area contributed by atoms with E-state index in [4.69, 9.17) is 21.3 Å². The Bertz CT molecular complexity index is 1250. The second kappa shape index (κ2) is 11.7. The molecule has 0 saturated carbocycles. The molecule has 0 bridgehead atoms. The molecule has 1 aromatic heterocycles. The molecule has 37 heavy (non-hydrogen) atoms. The second-order valence-corrected chi connectivity index (χ2v) is 10.6. The standard InChI is InChI=1S/C30H37ClN4O2/c1-3-37-25-9-6-22(27(31)20-25)7-11-30(36)32-23-8-10-28-26(19-23)21(2)18-29(33-28)35-16-12-24(13-17-35)34-14-4-5-15-34/h6,8-10,18-20,24H,3-5,7,11-17H2,1-2H3,(H,32,36). The number of hydrogen-bond acceptors (Lipinski definition) is 5. The lowest BCUT2D eigenvalue weighted by atomic mass is 10.0. The predicted molar refractivity (Wildman–Crippen MR) is 152 cm³/mol. The summed E-state index contributed by atoms with van der Waals surface area (Å²) < 4.78 is 5.48. The van der Waals surface area contributed by atoms with E-state index in [-0.39, 0.29) is 5.91 Å². The van der Waals surface area contributed by atoms with Crippen LogP contribution in [0.5, 0.6) is 5.75 Å². The number of anilines is 2. The molecule has 2 aromatic carbocycles. The van der Waals surface area contributed by atoms with Crippen molar-refractivity contribution in [1.29, 1.82) is 0 Å². The number of halogens is 1. The van der Waals surface area contributed by atoms with Gasteiger partial charge in [-0.15, -0.1) is 0 Å². The number of amides is 1. The number of nitrogens with one attached hydrogen (secondary N) is 1. The van der Waals surface area contributed by atoms with Gasteiger partial charge in [0.1, 0.15) is 11.6 Å². The highest BCUT2D eigenvalue weighted by atomic mass is 35.5. The molecule has 0 radical (unpaired) electrons. The van der Waals surface area contributed by atoms with Gasteiger partial charge >= 0.3 is 0 Å². The summed E-state index contributed by atoms with van der Waals surface area (Å²) in [6.45, 7) is 9.32. The van der Waals surface area contributed by atoms with Crippen LogP contribution in [0.4, 0.5) is 11.5 Å². The number of carbonyl (C=O) groups is 1. The fraction of sp³-hybridized carbons (Fsp3) is 0.467. The van der Waals surface area contributed by atoms with Gasteiger partial charge in [0.25, 0.3) is 0 Å². The molecule has 3 heterocycles. The van der Waals surface area contributed by atoms with Crippen LogP contribution in [0, 0.1) is 6.92 Å². The quantitative estimate of drug-likeness (QED) is 0.381. The van der Waals surface area contributed by atoms with Crippen molar-refractivity contribution in [3.63, 3.8) is 0 Å². The van der Waals surface area contributed by atoms with E-state index in [1.807, 2.05) is 37.3 Å². The largest absolute Gasteiger partial charge is 0.494 e. The summed E-state index contributed by atoms with van der Waals surface area (Å²) in [6.07, 6.45) is 6.06. The number of pyridine rings is 1. The zero-order chi connectivity index (χ0) is 25.8. The van der Waals surface area contributed by atoms with Gasteiger partial charge in [-0.05, 0) is 107 Å². The smallest absolute Gasteiger partial charge is 0.224 e.